The molecule has 3 N–H and O–H groups in total. The maximum atomic E-state index is 8.80. The zero-order valence-electron chi connectivity index (χ0n) is 16.4. The highest BCUT2D eigenvalue weighted by Gasteiger charge is 2.40. The van der Waals surface area contributed by atoms with Gasteiger partial charge in [-0.25, -0.2) is 4.98 Å². The molecule has 3 atom stereocenters. The van der Waals surface area contributed by atoms with Gasteiger partial charge in [0.1, 0.15) is 0 Å². The number of nitrogens with one attached hydrogen (secondary N) is 3. The number of hydrogen-bond acceptors (Lipinski definition) is 8. The maximum absolute atomic E-state index is 8.80. The number of rotatable bonds is 6. The van der Waals surface area contributed by atoms with Crippen molar-refractivity contribution in [2.24, 2.45) is 11.8 Å². The molecule has 1 unspecified atom stereocenters. The van der Waals surface area contributed by atoms with E-state index in [-0.39, 0.29) is 0 Å². The number of fused-ring (bicyclic) bond motifs is 2. The fraction of sp³-hybridized carbons (Fsp3) is 0.500. The van der Waals surface area contributed by atoms with Crippen LogP contribution in [0, 0.1) is 30.1 Å². The van der Waals surface area contributed by atoms with E-state index in [1.165, 1.54) is 0 Å². The zero-order chi connectivity index (χ0) is 19.8. The molecular weight excluding hydrogens is 384 g/mol. The number of hydrogen-bond donors (Lipinski definition) is 3. The number of anilines is 3. The van der Waals surface area contributed by atoms with Crippen molar-refractivity contribution in [1.29, 1.82) is 5.26 Å². The first kappa shape index (κ1) is 18.3. The molecule has 0 spiro atoms. The summed E-state index contributed by atoms with van der Waals surface area (Å²) in [4.78, 5) is 11.9. The smallest absolute Gasteiger partial charge is 0.225 e. The van der Waals surface area contributed by atoms with Crippen molar-refractivity contribution >= 4 is 39.1 Å². The van der Waals surface area contributed by atoms with Crippen LogP contribution in [0.3, 0.4) is 0 Å². The highest BCUT2D eigenvalue weighted by molar-refractivity contribution is 7.17. The van der Waals surface area contributed by atoms with Gasteiger partial charge in [0.15, 0.2) is 11.6 Å². The molecule has 0 amide bonds. The molecule has 150 valence electrons. The Morgan fingerprint density at radius 1 is 1.31 bits per heavy atom. The average molecular weight is 409 g/mol. The Balaban J connectivity index is 1.29. The molecule has 1 aliphatic heterocycles. The third-order valence-electron chi connectivity index (χ3n) is 5.96. The molecule has 1 aliphatic carbocycles. The first-order valence-electron chi connectivity index (χ1n) is 10.1. The molecule has 29 heavy (non-hydrogen) atoms. The van der Waals surface area contributed by atoms with Gasteiger partial charge in [0.2, 0.25) is 5.95 Å². The Kier molecular flexibility index (Phi) is 4.81. The van der Waals surface area contributed by atoms with Crippen molar-refractivity contribution in [3.8, 4) is 6.07 Å². The highest BCUT2D eigenvalue weighted by atomic mass is 32.1. The molecule has 9 heteroatoms. The largest absolute Gasteiger partial charge is 0.351 e. The summed E-state index contributed by atoms with van der Waals surface area (Å²) in [5.41, 5.74) is 1.95. The van der Waals surface area contributed by atoms with E-state index in [4.69, 9.17) is 15.2 Å². The van der Waals surface area contributed by atoms with E-state index in [0.29, 0.717) is 30.2 Å². The molecule has 4 heterocycles. The predicted octanol–water partition coefficient (Wildman–Crippen LogP) is 3.50. The number of aryl methyl sites for hydroxylation is 1. The Hall–Kier alpha value is -2.70. The Bertz CT molecular complexity index is 1040. The zero-order valence-corrected chi connectivity index (χ0v) is 17.2. The molecule has 0 bridgehead atoms. The molecular formula is C20H24N8S. The van der Waals surface area contributed by atoms with Crippen LogP contribution in [-0.4, -0.2) is 50.7 Å². The lowest BCUT2D eigenvalue weighted by atomic mass is 10.0. The number of aromatic nitrogens is 4. The molecule has 5 rings (SSSR count). The standard InChI is InChI=1S/C20H24N8S/c1-12-7-17(27-26-12)24-19-18-16(3-6-29-18)23-20(25-19)22-15-8-13-10-28(5-2-4-21)11-14(13)9-15/h3,6-7,13-15H,2,5,8-11H2,1H3,(H3,22,23,24,25,26,27)/t13-,14+,15?. The number of aromatic amines is 1. The lowest BCUT2D eigenvalue weighted by Gasteiger charge is -2.18. The minimum absolute atomic E-state index is 0.402. The normalized spacial score (nSPS) is 23.9. The van der Waals surface area contributed by atoms with Gasteiger partial charge >= 0.3 is 0 Å². The lowest BCUT2D eigenvalue weighted by Crippen LogP contribution is -2.26. The van der Waals surface area contributed by atoms with Crippen molar-refractivity contribution in [3.05, 3.63) is 23.2 Å². The van der Waals surface area contributed by atoms with Crippen LogP contribution < -0.4 is 10.6 Å². The van der Waals surface area contributed by atoms with E-state index in [9.17, 15) is 0 Å². The Labute approximate surface area is 173 Å². The summed E-state index contributed by atoms with van der Waals surface area (Å²) in [5.74, 6) is 3.65. The summed E-state index contributed by atoms with van der Waals surface area (Å²) in [6.07, 6.45) is 2.90. The van der Waals surface area contributed by atoms with Gasteiger partial charge in [-0.15, -0.1) is 11.3 Å². The van der Waals surface area contributed by atoms with Crippen LogP contribution in [0.5, 0.6) is 0 Å². The number of thiophene rings is 1. The summed E-state index contributed by atoms with van der Waals surface area (Å²) in [6.45, 7) is 5.10. The number of likely N-dealkylation sites (tertiary alicyclic amines) is 1. The molecule has 1 saturated heterocycles. The van der Waals surface area contributed by atoms with Gasteiger partial charge in [0.25, 0.3) is 0 Å². The van der Waals surface area contributed by atoms with E-state index in [2.05, 4.69) is 31.8 Å². The van der Waals surface area contributed by atoms with Crippen LogP contribution >= 0.6 is 11.3 Å². The van der Waals surface area contributed by atoms with Crippen LogP contribution in [0.1, 0.15) is 25.0 Å². The SMILES string of the molecule is Cc1cc(Nc2nc(NC3C[C@@H]4CN(CCC#N)C[C@@H]4C3)nc3ccsc23)n[nH]1. The second-order valence-electron chi connectivity index (χ2n) is 8.09. The lowest BCUT2D eigenvalue weighted by molar-refractivity contribution is 0.315. The van der Waals surface area contributed by atoms with Crippen molar-refractivity contribution in [1.82, 2.24) is 25.1 Å². The van der Waals surface area contributed by atoms with Crippen LogP contribution in [0.25, 0.3) is 10.2 Å². The summed E-state index contributed by atoms with van der Waals surface area (Å²) < 4.78 is 1.03. The monoisotopic (exact) mass is 408 g/mol. The number of nitrogens with zero attached hydrogens (tertiary/aromatic N) is 5. The van der Waals surface area contributed by atoms with Crippen LogP contribution in [0.2, 0.25) is 0 Å². The van der Waals surface area contributed by atoms with Gasteiger partial charge in [-0.1, -0.05) is 0 Å². The first-order chi connectivity index (χ1) is 14.2. The van der Waals surface area contributed by atoms with Gasteiger partial charge in [0, 0.05) is 43.9 Å². The average Bonchev–Trinajstić information content (AvgIpc) is 3.44. The van der Waals surface area contributed by atoms with Crippen LogP contribution in [0.4, 0.5) is 17.6 Å². The second-order valence-corrected chi connectivity index (χ2v) is 9.01. The topological polar surface area (TPSA) is 106 Å². The summed E-state index contributed by atoms with van der Waals surface area (Å²) in [7, 11) is 0. The highest BCUT2D eigenvalue weighted by Crippen LogP contribution is 2.39. The predicted molar refractivity (Wildman–Crippen MR) is 114 cm³/mol. The van der Waals surface area contributed by atoms with E-state index in [1.807, 2.05) is 24.4 Å². The molecule has 0 radical (unpaired) electrons. The van der Waals surface area contributed by atoms with Gasteiger partial charge in [-0.2, -0.15) is 15.3 Å². The molecule has 2 aliphatic rings. The van der Waals surface area contributed by atoms with E-state index in [1.54, 1.807) is 11.3 Å². The van der Waals surface area contributed by atoms with E-state index >= 15 is 0 Å². The number of H-pyrrole nitrogens is 1. The van der Waals surface area contributed by atoms with Crippen molar-refractivity contribution in [2.75, 3.05) is 30.3 Å². The second kappa shape index (κ2) is 7.61. The molecule has 1 saturated carbocycles. The molecule has 3 aromatic rings. The summed E-state index contributed by atoms with van der Waals surface area (Å²) in [6, 6.07) is 6.65. The van der Waals surface area contributed by atoms with E-state index in [0.717, 1.165) is 60.0 Å². The molecule has 2 fully saturated rings. The third kappa shape index (κ3) is 3.78. The molecule has 8 nitrogen and oxygen atoms in total. The van der Waals surface area contributed by atoms with Gasteiger partial charge < -0.3 is 15.5 Å². The first-order valence-corrected chi connectivity index (χ1v) is 11.0. The molecule has 0 aromatic carbocycles. The van der Waals surface area contributed by atoms with Crippen molar-refractivity contribution in [3.63, 3.8) is 0 Å². The van der Waals surface area contributed by atoms with Crippen molar-refractivity contribution in [2.45, 2.75) is 32.2 Å². The quantitative estimate of drug-likeness (QED) is 0.573. The van der Waals surface area contributed by atoms with Crippen LogP contribution in [0.15, 0.2) is 17.5 Å². The summed E-state index contributed by atoms with van der Waals surface area (Å²) >= 11 is 1.63. The summed E-state index contributed by atoms with van der Waals surface area (Å²) in [5, 5.41) is 25.0. The minimum Gasteiger partial charge on any atom is -0.351 e. The Morgan fingerprint density at radius 2 is 2.14 bits per heavy atom. The number of nitriles is 1. The van der Waals surface area contributed by atoms with Gasteiger partial charge in [0.05, 0.1) is 16.3 Å². The molecule has 3 aromatic heterocycles. The Morgan fingerprint density at radius 3 is 2.86 bits per heavy atom. The fourth-order valence-corrected chi connectivity index (χ4v) is 5.48. The van der Waals surface area contributed by atoms with Crippen molar-refractivity contribution < 1.29 is 0 Å². The third-order valence-corrected chi connectivity index (χ3v) is 6.87. The van der Waals surface area contributed by atoms with Gasteiger partial charge in [-0.05, 0) is 43.0 Å². The fourth-order valence-electron chi connectivity index (χ4n) is 4.70. The van der Waals surface area contributed by atoms with Crippen LogP contribution in [-0.2, 0) is 0 Å². The minimum atomic E-state index is 0.402. The van der Waals surface area contributed by atoms with E-state index < -0.39 is 0 Å². The maximum Gasteiger partial charge on any atom is 0.225 e. The van der Waals surface area contributed by atoms with Gasteiger partial charge in [-0.3, -0.25) is 5.10 Å².